The lowest BCUT2D eigenvalue weighted by atomic mass is 10.1. The highest BCUT2D eigenvalue weighted by atomic mass is 79.9. The highest BCUT2D eigenvalue weighted by molar-refractivity contribution is 9.10. The van der Waals surface area contributed by atoms with Gasteiger partial charge in [0, 0.05) is 12.5 Å². The first-order chi connectivity index (χ1) is 13.6. The molecule has 0 aliphatic rings. The van der Waals surface area contributed by atoms with E-state index < -0.39 is 24.4 Å². The molecule has 1 unspecified atom stereocenters. The first kappa shape index (κ1) is 25.0. The van der Waals surface area contributed by atoms with Crippen LogP contribution in [-0.2, 0) is 20.7 Å². The Bertz CT molecular complexity index is 696. The van der Waals surface area contributed by atoms with Crippen molar-refractivity contribution in [2.75, 3.05) is 20.8 Å². The van der Waals surface area contributed by atoms with Gasteiger partial charge in [-0.2, -0.15) is 0 Å². The molecule has 0 radical (unpaired) electrons. The lowest BCUT2D eigenvalue weighted by Gasteiger charge is -2.24. The number of esters is 1. The van der Waals surface area contributed by atoms with Crippen molar-refractivity contribution in [1.82, 2.24) is 5.32 Å². The minimum Gasteiger partial charge on any atom is -0.496 e. The maximum Gasteiger partial charge on any atom is 0.410 e. The van der Waals surface area contributed by atoms with Gasteiger partial charge in [0.05, 0.1) is 18.7 Å². The number of ether oxygens (including phenoxy) is 4. The van der Waals surface area contributed by atoms with Gasteiger partial charge in [-0.3, -0.25) is 4.79 Å². The normalized spacial score (nSPS) is 13.0. The Hall–Kier alpha value is -2.00. The number of carbonyl (C=O) groups excluding carboxylic acids is 2. The fourth-order valence-corrected chi connectivity index (χ4v) is 2.81. The summed E-state index contributed by atoms with van der Waals surface area (Å²) in [5.41, 5.74) is 6.65. The third-order valence-electron chi connectivity index (χ3n) is 4.21. The zero-order valence-electron chi connectivity index (χ0n) is 17.8. The van der Waals surface area contributed by atoms with Crippen LogP contribution in [0, 0.1) is 11.8 Å². The van der Waals surface area contributed by atoms with Crippen LogP contribution in [0.1, 0.15) is 33.3 Å². The van der Waals surface area contributed by atoms with Crippen molar-refractivity contribution in [2.45, 2.75) is 46.4 Å². The predicted octanol–water partition coefficient (Wildman–Crippen LogP) is 3.24. The van der Waals surface area contributed by atoms with Crippen LogP contribution in [0.2, 0.25) is 0 Å². The van der Waals surface area contributed by atoms with Crippen LogP contribution in [0.25, 0.3) is 0 Å². The maximum absolute atomic E-state index is 12.1. The molecule has 0 fully saturated rings. The third kappa shape index (κ3) is 7.74. The number of alkyl carbamates (subject to hydrolysis) is 1. The monoisotopic (exact) mass is 474 g/mol. The Kier molecular flexibility index (Phi) is 10.2. The van der Waals surface area contributed by atoms with Crippen LogP contribution in [-0.4, -0.2) is 45.2 Å². The molecule has 164 valence electrons. The van der Waals surface area contributed by atoms with E-state index in [2.05, 4.69) is 21.2 Å². The minimum atomic E-state index is -1.02. The molecule has 29 heavy (non-hydrogen) atoms. The number of rotatable bonds is 10. The first-order valence-corrected chi connectivity index (χ1v) is 10.2. The van der Waals surface area contributed by atoms with E-state index in [1.54, 1.807) is 34.1 Å². The molecule has 1 rings (SSSR count). The molecule has 0 aliphatic heterocycles. The lowest BCUT2D eigenvalue weighted by molar-refractivity contribution is -0.177. The molecule has 0 aliphatic carbocycles. The van der Waals surface area contributed by atoms with Gasteiger partial charge in [0.15, 0.2) is 0 Å². The summed E-state index contributed by atoms with van der Waals surface area (Å²) in [6, 6.07) is 2.86. The largest absolute Gasteiger partial charge is 0.496 e. The Morgan fingerprint density at radius 3 is 2.17 bits per heavy atom. The van der Waals surface area contributed by atoms with Crippen LogP contribution in [0.5, 0.6) is 11.5 Å². The fraction of sp³-hybridized carbons (Fsp3) is 0.600. The van der Waals surface area contributed by atoms with Crippen molar-refractivity contribution in [2.24, 2.45) is 17.6 Å². The summed E-state index contributed by atoms with van der Waals surface area (Å²) in [4.78, 5) is 24.2. The van der Waals surface area contributed by atoms with Crippen LogP contribution in [0.15, 0.2) is 16.6 Å². The number of carbonyl (C=O) groups is 2. The summed E-state index contributed by atoms with van der Waals surface area (Å²) in [6.45, 7) is 7.49. The molecule has 3 N–H and O–H groups in total. The van der Waals surface area contributed by atoms with Crippen molar-refractivity contribution in [3.05, 3.63) is 22.2 Å². The van der Waals surface area contributed by atoms with Gasteiger partial charge in [-0.1, -0.05) is 27.7 Å². The van der Waals surface area contributed by atoms with E-state index in [4.69, 9.17) is 24.7 Å². The van der Waals surface area contributed by atoms with Gasteiger partial charge in [-0.05, 0) is 46.0 Å². The van der Waals surface area contributed by atoms with E-state index in [0.29, 0.717) is 24.5 Å². The molecule has 1 aromatic rings. The third-order valence-corrected chi connectivity index (χ3v) is 4.83. The smallest absolute Gasteiger partial charge is 0.410 e. The standard InChI is InChI=1S/C20H31BrN2O6/c1-11(2)17(22)18(24)28-19(12(3)4)29-20(25)23-8-7-13-9-16(27-6)14(21)10-15(13)26-5/h9-12,17,19H,7-8,22H2,1-6H3,(H,23,25)/t17-,19?/m0/s1. The SMILES string of the molecule is COc1cc(CCNC(=O)OC(OC(=O)[C@@H](N)C(C)C)C(C)C)c(OC)cc1Br. The van der Waals surface area contributed by atoms with Gasteiger partial charge in [-0.15, -0.1) is 0 Å². The Morgan fingerprint density at radius 1 is 1.03 bits per heavy atom. The number of halogens is 1. The Balaban J connectivity index is 2.64. The number of amides is 1. The van der Waals surface area contributed by atoms with E-state index in [1.807, 2.05) is 19.9 Å². The fourth-order valence-electron chi connectivity index (χ4n) is 2.33. The molecule has 1 amide bonds. The van der Waals surface area contributed by atoms with E-state index >= 15 is 0 Å². The number of benzene rings is 1. The average Bonchev–Trinajstić information content (AvgIpc) is 2.67. The number of nitrogens with one attached hydrogen (secondary N) is 1. The first-order valence-electron chi connectivity index (χ1n) is 9.41. The van der Waals surface area contributed by atoms with Crippen LogP contribution in [0.3, 0.4) is 0 Å². The topological polar surface area (TPSA) is 109 Å². The number of nitrogens with two attached hydrogens (primary N) is 1. The molecular formula is C20H31BrN2O6. The number of hydrogen-bond acceptors (Lipinski definition) is 7. The number of hydrogen-bond donors (Lipinski definition) is 2. The van der Waals surface area contributed by atoms with E-state index in [9.17, 15) is 9.59 Å². The highest BCUT2D eigenvalue weighted by Gasteiger charge is 2.27. The molecular weight excluding hydrogens is 444 g/mol. The van der Waals surface area contributed by atoms with E-state index in [-0.39, 0.29) is 11.8 Å². The minimum absolute atomic E-state index is 0.0815. The van der Waals surface area contributed by atoms with Crippen molar-refractivity contribution in [1.29, 1.82) is 0 Å². The Morgan fingerprint density at radius 2 is 1.66 bits per heavy atom. The van der Waals surface area contributed by atoms with Crippen molar-refractivity contribution < 1.29 is 28.5 Å². The highest BCUT2D eigenvalue weighted by Crippen LogP contribution is 2.32. The summed E-state index contributed by atoms with van der Waals surface area (Å²) < 4.78 is 21.9. The molecule has 0 aromatic heterocycles. The molecule has 0 bridgehead atoms. The van der Waals surface area contributed by atoms with Gasteiger partial charge in [-0.25, -0.2) is 4.79 Å². The quantitative estimate of drug-likeness (QED) is 0.395. The van der Waals surface area contributed by atoms with Crippen molar-refractivity contribution in [3.8, 4) is 11.5 Å². The second kappa shape index (κ2) is 11.9. The summed E-state index contributed by atoms with van der Waals surface area (Å²) in [5, 5.41) is 2.65. The van der Waals surface area contributed by atoms with E-state index in [0.717, 1.165) is 10.0 Å². The van der Waals surface area contributed by atoms with Crippen molar-refractivity contribution in [3.63, 3.8) is 0 Å². The van der Waals surface area contributed by atoms with E-state index in [1.165, 1.54) is 0 Å². The van der Waals surface area contributed by atoms with Gasteiger partial charge in [0.2, 0.25) is 0 Å². The second-order valence-electron chi connectivity index (χ2n) is 7.20. The zero-order valence-corrected chi connectivity index (χ0v) is 19.4. The summed E-state index contributed by atoms with van der Waals surface area (Å²) >= 11 is 3.41. The maximum atomic E-state index is 12.1. The van der Waals surface area contributed by atoms with Crippen LogP contribution >= 0.6 is 15.9 Å². The van der Waals surface area contributed by atoms with Gasteiger partial charge >= 0.3 is 12.1 Å². The molecule has 0 spiro atoms. The van der Waals surface area contributed by atoms with Crippen LogP contribution < -0.4 is 20.5 Å². The molecule has 0 saturated carbocycles. The predicted molar refractivity (Wildman–Crippen MR) is 113 cm³/mol. The van der Waals surface area contributed by atoms with Gasteiger partial charge in [0.1, 0.15) is 17.5 Å². The average molecular weight is 475 g/mol. The Labute approximate surface area is 180 Å². The number of methoxy groups -OCH3 is 2. The lowest BCUT2D eigenvalue weighted by Crippen LogP contribution is -2.42. The summed E-state index contributed by atoms with van der Waals surface area (Å²) in [5.74, 6) is 0.432. The van der Waals surface area contributed by atoms with Crippen LogP contribution in [0.4, 0.5) is 4.79 Å². The summed E-state index contributed by atoms with van der Waals surface area (Å²) in [6.07, 6.45) is -1.21. The molecule has 2 atom stereocenters. The zero-order chi connectivity index (χ0) is 22.1. The van der Waals surface area contributed by atoms with Crippen molar-refractivity contribution >= 4 is 28.0 Å². The second-order valence-corrected chi connectivity index (χ2v) is 8.05. The molecule has 1 aromatic carbocycles. The van der Waals surface area contributed by atoms with Gasteiger partial charge < -0.3 is 30.0 Å². The van der Waals surface area contributed by atoms with Gasteiger partial charge in [0.25, 0.3) is 6.29 Å². The molecule has 0 heterocycles. The molecule has 0 saturated heterocycles. The summed E-state index contributed by atoms with van der Waals surface area (Å²) in [7, 11) is 3.15. The molecule has 9 heteroatoms. The molecule has 8 nitrogen and oxygen atoms in total.